The molecule has 0 heterocycles. The molecule has 2 N–H and O–H groups in total. The summed E-state index contributed by atoms with van der Waals surface area (Å²) in [7, 11) is 0. The van der Waals surface area contributed by atoms with Crippen molar-refractivity contribution < 1.29 is 28.6 Å². The third-order valence-corrected chi connectivity index (χ3v) is 4.85. The van der Waals surface area contributed by atoms with Crippen LogP contribution in [0.25, 0.3) is 0 Å². The molecule has 0 aliphatic heterocycles. The van der Waals surface area contributed by atoms with E-state index in [1.54, 1.807) is 48.5 Å². The summed E-state index contributed by atoms with van der Waals surface area (Å²) in [6, 6.07) is 13.0. The average Bonchev–Trinajstić information content (AvgIpc) is 2.87. The Labute approximate surface area is 200 Å². The lowest BCUT2D eigenvalue weighted by molar-refractivity contribution is -0.123. The molecule has 8 nitrogen and oxygen atoms in total. The van der Waals surface area contributed by atoms with E-state index in [1.807, 2.05) is 6.92 Å². The molecule has 2 aromatic rings. The van der Waals surface area contributed by atoms with Crippen LogP contribution in [0.15, 0.2) is 48.5 Å². The van der Waals surface area contributed by atoms with Gasteiger partial charge < -0.3 is 14.2 Å². The van der Waals surface area contributed by atoms with Gasteiger partial charge in [-0.1, -0.05) is 39.5 Å². The number of unbranched alkanes of at least 4 members (excludes halogenated alkanes) is 4. The third-order valence-electron chi connectivity index (χ3n) is 4.85. The standard InChI is InChI=1S/C26H34N2O6/c1-3-5-6-7-8-18-32-22-13-9-20(10-14-22)25(30)28-27-24(29)19-34-23-15-11-21(12-16-23)26(31)33-17-4-2/h9-16H,3-8,17-19H2,1-2H3,(H,27,29)(H,28,30). The zero-order chi connectivity index (χ0) is 24.6. The first-order valence-corrected chi connectivity index (χ1v) is 11.8. The molecule has 2 amide bonds. The van der Waals surface area contributed by atoms with Crippen molar-refractivity contribution in [2.24, 2.45) is 0 Å². The molecule has 0 fully saturated rings. The molecular weight excluding hydrogens is 436 g/mol. The maximum Gasteiger partial charge on any atom is 0.338 e. The fraction of sp³-hybridized carbons (Fsp3) is 0.423. The van der Waals surface area contributed by atoms with Crippen molar-refractivity contribution in [2.75, 3.05) is 19.8 Å². The molecular formula is C26H34N2O6. The highest BCUT2D eigenvalue weighted by molar-refractivity contribution is 5.95. The molecule has 2 rings (SSSR count). The van der Waals surface area contributed by atoms with Crippen molar-refractivity contribution in [2.45, 2.75) is 52.4 Å². The molecule has 0 aliphatic rings. The Morgan fingerprint density at radius 3 is 1.94 bits per heavy atom. The zero-order valence-electron chi connectivity index (χ0n) is 19.9. The Kier molecular flexibility index (Phi) is 12.0. The number of hydrogen-bond acceptors (Lipinski definition) is 6. The lowest BCUT2D eigenvalue weighted by atomic mass is 10.2. The average molecular weight is 471 g/mol. The first kappa shape index (κ1) is 26.7. The van der Waals surface area contributed by atoms with Gasteiger partial charge in [-0.05, 0) is 61.4 Å². The van der Waals surface area contributed by atoms with Crippen molar-refractivity contribution >= 4 is 17.8 Å². The highest BCUT2D eigenvalue weighted by atomic mass is 16.5. The largest absolute Gasteiger partial charge is 0.494 e. The fourth-order valence-corrected chi connectivity index (χ4v) is 2.95. The van der Waals surface area contributed by atoms with E-state index in [9.17, 15) is 14.4 Å². The first-order valence-electron chi connectivity index (χ1n) is 11.8. The minimum atomic E-state index is -0.525. The molecule has 0 spiro atoms. The summed E-state index contributed by atoms with van der Waals surface area (Å²) in [6.07, 6.45) is 6.58. The van der Waals surface area contributed by atoms with Gasteiger partial charge in [-0.15, -0.1) is 0 Å². The van der Waals surface area contributed by atoms with Crippen LogP contribution in [0.2, 0.25) is 0 Å². The van der Waals surface area contributed by atoms with E-state index in [1.165, 1.54) is 19.3 Å². The second-order valence-corrected chi connectivity index (χ2v) is 7.74. The number of nitrogens with one attached hydrogen (secondary N) is 2. The van der Waals surface area contributed by atoms with Crippen molar-refractivity contribution in [3.05, 3.63) is 59.7 Å². The molecule has 0 atom stereocenters. The summed E-state index contributed by atoms with van der Waals surface area (Å²) in [5.41, 5.74) is 5.45. The Morgan fingerprint density at radius 1 is 0.676 bits per heavy atom. The molecule has 184 valence electrons. The summed E-state index contributed by atoms with van der Waals surface area (Å²) >= 11 is 0. The van der Waals surface area contributed by atoms with Crippen LogP contribution in [-0.2, 0) is 9.53 Å². The first-order chi connectivity index (χ1) is 16.5. The number of ether oxygens (including phenoxy) is 3. The Morgan fingerprint density at radius 2 is 1.29 bits per heavy atom. The van der Waals surface area contributed by atoms with Crippen LogP contribution in [0.3, 0.4) is 0 Å². The van der Waals surface area contributed by atoms with Gasteiger partial charge in [0.25, 0.3) is 11.8 Å². The molecule has 8 heteroatoms. The van der Waals surface area contributed by atoms with Gasteiger partial charge in [0.1, 0.15) is 11.5 Å². The third kappa shape index (κ3) is 9.94. The van der Waals surface area contributed by atoms with Crippen molar-refractivity contribution in [1.82, 2.24) is 10.9 Å². The molecule has 2 aromatic carbocycles. The molecule has 0 bridgehead atoms. The van der Waals surface area contributed by atoms with Gasteiger partial charge in [0.2, 0.25) is 0 Å². The minimum Gasteiger partial charge on any atom is -0.494 e. The van der Waals surface area contributed by atoms with Crippen LogP contribution < -0.4 is 20.3 Å². The van der Waals surface area contributed by atoms with Crippen LogP contribution >= 0.6 is 0 Å². The van der Waals surface area contributed by atoms with Crippen LogP contribution in [-0.4, -0.2) is 37.6 Å². The van der Waals surface area contributed by atoms with E-state index in [0.717, 1.165) is 19.3 Å². The van der Waals surface area contributed by atoms with Gasteiger partial charge in [0.05, 0.1) is 18.8 Å². The SMILES string of the molecule is CCCCCCCOc1ccc(C(=O)NNC(=O)COc2ccc(C(=O)OCCC)cc2)cc1. The molecule has 0 radical (unpaired) electrons. The quantitative estimate of drug-likeness (QED) is 0.240. The highest BCUT2D eigenvalue weighted by Crippen LogP contribution is 2.14. The summed E-state index contributed by atoms with van der Waals surface area (Å²) in [6.45, 7) is 4.81. The zero-order valence-corrected chi connectivity index (χ0v) is 19.9. The maximum absolute atomic E-state index is 12.2. The van der Waals surface area contributed by atoms with Gasteiger partial charge in [0, 0.05) is 5.56 Å². The van der Waals surface area contributed by atoms with E-state index in [4.69, 9.17) is 14.2 Å². The minimum absolute atomic E-state index is 0.301. The molecule has 0 saturated carbocycles. The second-order valence-electron chi connectivity index (χ2n) is 7.74. The van der Waals surface area contributed by atoms with Crippen molar-refractivity contribution in [3.8, 4) is 11.5 Å². The Bertz CT molecular complexity index is 897. The highest BCUT2D eigenvalue weighted by Gasteiger charge is 2.10. The lowest BCUT2D eigenvalue weighted by Crippen LogP contribution is -2.43. The van der Waals surface area contributed by atoms with Gasteiger partial charge in [0.15, 0.2) is 6.61 Å². The number of rotatable bonds is 14. The summed E-state index contributed by atoms with van der Waals surface area (Å²) in [5, 5.41) is 0. The van der Waals surface area contributed by atoms with Crippen LogP contribution in [0, 0.1) is 0 Å². The summed E-state index contributed by atoms with van der Waals surface area (Å²) < 4.78 is 16.1. The number of carbonyl (C=O) groups excluding carboxylic acids is 3. The van der Waals surface area contributed by atoms with Crippen LogP contribution in [0.4, 0.5) is 0 Å². The molecule has 0 unspecified atom stereocenters. The van der Waals surface area contributed by atoms with Crippen LogP contribution in [0.1, 0.15) is 73.1 Å². The predicted molar refractivity (Wildman–Crippen MR) is 129 cm³/mol. The number of benzene rings is 2. The second kappa shape index (κ2) is 15.3. The Hall–Kier alpha value is -3.55. The molecule has 0 aromatic heterocycles. The normalized spacial score (nSPS) is 10.3. The van der Waals surface area contributed by atoms with Gasteiger partial charge in [-0.3, -0.25) is 20.4 Å². The van der Waals surface area contributed by atoms with Gasteiger partial charge >= 0.3 is 5.97 Å². The maximum atomic E-state index is 12.2. The molecule has 0 saturated heterocycles. The van der Waals surface area contributed by atoms with E-state index < -0.39 is 17.8 Å². The number of amides is 2. The Balaban J connectivity index is 1.67. The lowest BCUT2D eigenvalue weighted by Gasteiger charge is -2.10. The van der Waals surface area contributed by atoms with Gasteiger partial charge in [-0.25, -0.2) is 4.79 Å². The molecule has 0 aliphatic carbocycles. The number of hydrazine groups is 1. The number of hydrogen-bond donors (Lipinski definition) is 2. The predicted octanol–water partition coefficient (Wildman–Crippen LogP) is 4.44. The number of carbonyl (C=O) groups is 3. The topological polar surface area (TPSA) is 103 Å². The van der Waals surface area contributed by atoms with E-state index >= 15 is 0 Å². The number of esters is 1. The fourth-order valence-electron chi connectivity index (χ4n) is 2.95. The summed E-state index contributed by atoms with van der Waals surface area (Å²) in [4.78, 5) is 36.0. The van der Waals surface area contributed by atoms with Crippen LogP contribution in [0.5, 0.6) is 11.5 Å². The van der Waals surface area contributed by atoms with E-state index in [0.29, 0.717) is 35.8 Å². The van der Waals surface area contributed by atoms with E-state index in [2.05, 4.69) is 17.8 Å². The molecule has 34 heavy (non-hydrogen) atoms. The van der Waals surface area contributed by atoms with Crippen molar-refractivity contribution in [1.29, 1.82) is 0 Å². The van der Waals surface area contributed by atoms with Gasteiger partial charge in [-0.2, -0.15) is 0 Å². The van der Waals surface area contributed by atoms with E-state index in [-0.39, 0.29) is 6.61 Å². The smallest absolute Gasteiger partial charge is 0.338 e. The monoisotopic (exact) mass is 470 g/mol. The summed E-state index contributed by atoms with van der Waals surface area (Å²) in [5.74, 6) is -0.267. The van der Waals surface area contributed by atoms with Crippen molar-refractivity contribution in [3.63, 3.8) is 0 Å².